The van der Waals surface area contributed by atoms with Crippen molar-refractivity contribution >= 4 is 39.1 Å². The van der Waals surface area contributed by atoms with Crippen molar-refractivity contribution in [1.82, 2.24) is 0 Å². The van der Waals surface area contributed by atoms with E-state index in [0.717, 1.165) is 17.4 Å². The van der Waals surface area contributed by atoms with E-state index < -0.39 is 16.1 Å². The number of rotatable bonds is 4. The third kappa shape index (κ3) is 5.34. The molecule has 2 aliphatic heterocycles. The van der Waals surface area contributed by atoms with Gasteiger partial charge in [-0.25, -0.2) is 13.2 Å². The van der Waals surface area contributed by atoms with Gasteiger partial charge in [0.1, 0.15) is 6.10 Å². The molecule has 0 bridgehead atoms. The third-order valence-electron chi connectivity index (χ3n) is 5.91. The van der Waals surface area contributed by atoms with E-state index in [1.54, 1.807) is 28.0 Å². The summed E-state index contributed by atoms with van der Waals surface area (Å²) in [6.45, 7) is 4.82. The Balaban J connectivity index is 1.71. The number of carbonyl (C=O) groups is 2. The largest absolute Gasteiger partial charge is 0.446 e. The lowest BCUT2D eigenvalue weighted by atomic mass is 10.0. The van der Waals surface area contributed by atoms with Crippen LogP contribution >= 0.6 is 0 Å². The molecule has 1 fully saturated rings. The van der Waals surface area contributed by atoms with Crippen LogP contribution in [0, 0.1) is 0 Å². The van der Waals surface area contributed by atoms with E-state index in [2.05, 4.69) is 4.72 Å². The summed E-state index contributed by atoms with van der Waals surface area (Å²) >= 11 is 0. The van der Waals surface area contributed by atoms with Crippen LogP contribution in [0.3, 0.4) is 0 Å². The third-order valence-corrected chi connectivity index (χ3v) is 6.51. The second-order valence-corrected chi connectivity index (χ2v) is 10.5. The molecule has 1 atom stereocenters. The first kappa shape index (κ1) is 24.0. The molecular formula is C24H29N3O6S. The second-order valence-electron chi connectivity index (χ2n) is 8.70. The molecule has 1 saturated heterocycles. The maximum absolute atomic E-state index is 13.2. The van der Waals surface area contributed by atoms with Crippen molar-refractivity contribution < 1.29 is 27.5 Å². The lowest BCUT2D eigenvalue weighted by Crippen LogP contribution is -2.52. The average Bonchev–Trinajstić information content (AvgIpc) is 2.77. The van der Waals surface area contributed by atoms with E-state index in [9.17, 15) is 18.0 Å². The van der Waals surface area contributed by atoms with Gasteiger partial charge in [-0.2, -0.15) is 0 Å². The number of fused-ring (bicyclic) bond motifs is 1. The van der Waals surface area contributed by atoms with E-state index in [4.69, 9.17) is 9.47 Å². The van der Waals surface area contributed by atoms with Gasteiger partial charge in [0, 0.05) is 32.0 Å². The van der Waals surface area contributed by atoms with Crippen LogP contribution in [0.15, 0.2) is 42.5 Å². The molecule has 0 spiro atoms. The molecule has 34 heavy (non-hydrogen) atoms. The minimum atomic E-state index is -3.42. The molecule has 4 rings (SSSR count). The molecule has 0 aliphatic carbocycles. The molecule has 1 unspecified atom stereocenters. The number of hydrogen-bond donors (Lipinski definition) is 1. The zero-order valence-electron chi connectivity index (χ0n) is 19.5. The molecule has 182 valence electrons. The minimum absolute atomic E-state index is 0.113. The van der Waals surface area contributed by atoms with Gasteiger partial charge >= 0.3 is 6.09 Å². The van der Waals surface area contributed by atoms with E-state index in [1.807, 2.05) is 31.2 Å². The number of nitrogens with one attached hydrogen (secondary N) is 1. The Kier molecular flexibility index (Phi) is 6.81. The predicted molar refractivity (Wildman–Crippen MR) is 131 cm³/mol. The molecule has 0 radical (unpaired) electrons. The van der Waals surface area contributed by atoms with Crippen molar-refractivity contribution in [3.8, 4) is 11.1 Å². The van der Waals surface area contributed by atoms with Crippen LogP contribution in [0.4, 0.5) is 21.9 Å². The van der Waals surface area contributed by atoms with Crippen molar-refractivity contribution in [3.63, 3.8) is 0 Å². The SMILES string of the molecule is CC(=O)N1c2ccc(-c3cccc(NS(C)(=O)=O)c3)cc2N(C(=O)OC2CCOCC2)CC1C. The number of hydrogen-bond acceptors (Lipinski definition) is 6. The predicted octanol–water partition coefficient (Wildman–Crippen LogP) is 3.60. The zero-order valence-corrected chi connectivity index (χ0v) is 20.3. The highest BCUT2D eigenvalue weighted by Crippen LogP contribution is 2.39. The summed E-state index contributed by atoms with van der Waals surface area (Å²) in [4.78, 5) is 28.9. The number of benzene rings is 2. The van der Waals surface area contributed by atoms with Crippen LogP contribution < -0.4 is 14.5 Å². The maximum atomic E-state index is 13.2. The van der Waals surface area contributed by atoms with Crippen LogP contribution in [-0.4, -0.2) is 58.6 Å². The second kappa shape index (κ2) is 9.63. The topological polar surface area (TPSA) is 105 Å². The van der Waals surface area contributed by atoms with E-state index in [0.29, 0.717) is 49.7 Å². The molecule has 2 aromatic rings. The van der Waals surface area contributed by atoms with Gasteiger partial charge in [-0.05, 0) is 42.3 Å². The van der Waals surface area contributed by atoms with Crippen LogP contribution in [0.1, 0.15) is 26.7 Å². The summed E-state index contributed by atoms with van der Waals surface area (Å²) in [5, 5.41) is 0. The van der Waals surface area contributed by atoms with Crippen molar-refractivity contribution in [2.45, 2.75) is 38.8 Å². The molecule has 2 aliphatic rings. The fourth-order valence-corrected chi connectivity index (χ4v) is 4.99. The van der Waals surface area contributed by atoms with Crippen molar-refractivity contribution in [2.75, 3.05) is 40.5 Å². The highest BCUT2D eigenvalue weighted by Gasteiger charge is 2.35. The number of amides is 2. The van der Waals surface area contributed by atoms with Crippen LogP contribution in [0.25, 0.3) is 11.1 Å². The number of nitrogens with zero attached hydrogens (tertiary/aromatic N) is 2. The first-order chi connectivity index (χ1) is 16.1. The van der Waals surface area contributed by atoms with Gasteiger partial charge in [0.25, 0.3) is 0 Å². The normalized spacial score (nSPS) is 18.9. The quantitative estimate of drug-likeness (QED) is 0.707. The Morgan fingerprint density at radius 3 is 2.44 bits per heavy atom. The highest BCUT2D eigenvalue weighted by molar-refractivity contribution is 7.92. The monoisotopic (exact) mass is 487 g/mol. The maximum Gasteiger partial charge on any atom is 0.414 e. The van der Waals surface area contributed by atoms with Gasteiger partial charge in [0.15, 0.2) is 0 Å². The van der Waals surface area contributed by atoms with E-state index >= 15 is 0 Å². The van der Waals surface area contributed by atoms with Crippen molar-refractivity contribution in [3.05, 3.63) is 42.5 Å². The molecular weight excluding hydrogens is 458 g/mol. The summed E-state index contributed by atoms with van der Waals surface area (Å²) in [5.41, 5.74) is 3.18. The van der Waals surface area contributed by atoms with Gasteiger partial charge in [-0.15, -0.1) is 0 Å². The Hall–Kier alpha value is -3.11. The molecule has 10 heteroatoms. The molecule has 0 saturated carbocycles. The highest BCUT2D eigenvalue weighted by atomic mass is 32.2. The Labute approximate surface area is 199 Å². The van der Waals surface area contributed by atoms with Gasteiger partial charge in [-0.1, -0.05) is 18.2 Å². The number of sulfonamides is 1. The van der Waals surface area contributed by atoms with Crippen molar-refractivity contribution in [2.24, 2.45) is 0 Å². The first-order valence-corrected chi connectivity index (χ1v) is 13.1. The summed E-state index contributed by atoms with van der Waals surface area (Å²) in [7, 11) is -3.42. The summed E-state index contributed by atoms with van der Waals surface area (Å²) in [6, 6.07) is 12.3. The zero-order chi connectivity index (χ0) is 24.5. The standard InChI is InChI=1S/C24H29N3O6S/c1-16-15-26(24(29)33-21-9-11-32-12-10-21)23-14-19(7-8-22(23)27(16)17(2)28)18-5-4-6-20(13-18)25-34(3,30)31/h4-8,13-14,16,21,25H,9-12,15H2,1-3H3. The first-order valence-electron chi connectivity index (χ1n) is 11.2. The number of ether oxygens (including phenoxy) is 2. The minimum Gasteiger partial charge on any atom is -0.446 e. The van der Waals surface area contributed by atoms with Gasteiger partial charge in [0.2, 0.25) is 15.9 Å². The van der Waals surface area contributed by atoms with Gasteiger partial charge < -0.3 is 14.4 Å². The van der Waals surface area contributed by atoms with Crippen LogP contribution in [0.2, 0.25) is 0 Å². The Morgan fingerprint density at radius 2 is 1.76 bits per heavy atom. The van der Waals surface area contributed by atoms with Crippen LogP contribution in [0.5, 0.6) is 0 Å². The average molecular weight is 488 g/mol. The molecule has 2 amide bonds. The molecule has 9 nitrogen and oxygen atoms in total. The fourth-order valence-electron chi connectivity index (χ4n) is 4.43. The smallest absolute Gasteiger partial charge is 0.414 e. The molecule has 0 aromatic heterocycles. The summed E-state index contributed by atoms with van der Waals surface area (Å²) in [5.74, 6) is -0.113. The molecule has 1 N–H and O–H groups in total. The van der Waals surface area contributed by atoms with Gasteiger partial charge in [0.05, 0.1) is 36.9 Å². The number of carbonyl (C=O) groups excluding carboxylic acids is 2. The van der Waals surface area contributed by atoms with Crippen molar-refractivity contribution in [1.29, 1.82) is 0 Å². The fraction of sp³-hybridized carbons (Fsp3) is 0.417. The molecule has 2 aromatic carbocycles. The van der Waals surface area contributed by atoms with Crippen LogP contribution in [-0.2, 0) is 24.3 Å². The Morgan fingerprint density at radius 1 is 1.06 bits per heavy atom. The summed E-state index contributed by atoms with van der Waals surface area (Å²) in [6.07, 6.45) is 1.75. The lowest BCUT2D eigenvalue weighted by Gasteiger charge is -2.41. The van der Waals surface area contributed by atoms with Gasteiger partial charge in [-0.3, -0.25) is 14.4 Å². The van der Waals surface area contributed by atoms with E-state index in [1.165, 1.54) is 6.92 Å². The summed E-state index contributed by atoms with van der Waals surface area (Å²) < 4.78 is 36.9. The Bertz CT molecular complexity index is 1190. The van der Waals surface area contributed by atoms with E-state index in [-0.39, 0.29) is 18.1 Å². The molecule has 2 heterocycles. The number of anilines is 3. The lowest BCUT2D eigenvalue weighted by molar-refractivity contribution is -0.117.